The van der Waals surface area contributed by atoms with Gasteiger partial charge in [-0.15, -0.1) is 0 Å². The highest BCUT2D eigenvalue weighted by Gasteiger charge is 2.24. The van der Waals surface area contributed by atoms with Gasteiger partial charge >= 0.3 is 0 Å². The van der Waals surface area contributed by atoms with Gasteiger partial charge in [0.1, 0.15) is 0 Å². The molecule has 0 fully saturated rings. The smallest absolute Gasteiger partial charge is 0.289 e. The van der Waals surface area contributed by atoms with E-state index in [-0.39, 0.29) is 11.4 Å². The largest absolute Gasteiger partial charge is 0.330 e. The Hall–Kier alpha value is -1.51. The van der Waals surface area contributed by atoms with Gasteiger partial charge in [-0.2, -0.15) is 0 Å². The predicted octanol–water partition coefficient (Wildman–Crippen LogP) is 0.222. The molecule has 0 bridgehead atoms. The monoisotopic (exact) mass is 259 g/mol. The number of nitrogens with one attached hydrogen (secondary N) is 1. The molecule has 94 valence electrons. The third kappa shape index (κ3) is 3.48. The molecule has 0 aromatic heterocycles. The van der Waals surface area contributed by atoms with Crippen LogP contribution in [0.15, 0.2) is 29.2 Å². The first-order chi connectivity index (χ1) is 7.99. The highest BCUT2D eigenvalue weighted by Crippen LogP contribution is 2.22. The Bertz CT molecular complexity index is 501. The summed E-state index contributed by atoms with van der Waals surface area (Å²) in [5.74, 6) is 0. The molecule has 0 unspecified atom stereocenters. The van der Waals surface area contributed by atoms with Crippen LogP contribution in [0, 0.1) is 10.1 Å². The summed E-state index contributed by atoms with van der Waals surface area (Å²) in [6, 6.07) is 5.20. The van der Waals surface area contributed by atoms with Crippen molar-refractivity contribution in [1.82, 2.24) is 4.72 Å². The summed E-state index contributed by atoms with van der Waals surface area (Å²) in [5.41, 5.74) is 4.79. The number of hydrogen-bond donors (Lipinski definition) is 2. The molecule has 1 rings (SSSR count). The molecule has 7 nitrogen and oxygen atoms in total. The lowest BCUT2D eigenvalue weighted by atomic mass is 10.3. The highest BCUT2D eigenvalue weighted by molar-refractivity contribution is 7.89. The molecule has 0 heterocycles. The van der Waals surface area contributed by atoms with Crippen molar-refractivity contribution in [3.05, 3.63) is 34.4 Å². The number of nitrogens with two attached hydrogens (primary N) is 1. The number of nitro groups is 1. The van der Waals surface area contributed by atoms with Crippen LogP contribution in [0.3, 0.4) is 0 Å². The van der Waals surface area contributed by atoms with Crippen LogP contribution in [0.5, 0.6) is 0 Å². The molecule has 17 heavy (non-hydrogen) atoms. The van der Waals surface area contributed by atoms with Crippen molar-refractivity contribution in [2.24, 2.45) is 5.73 Å². The molecule has 3 N–H and O–H groups in total. The second-order valence-electron chi connectivity index (χ2n) is 3.26. The van der Waals surface area contributed by atoms with E-state index in [4.69, 9.17) is 5.73 Å². The Morgan fingerprint density at radius 1 is 1.35 bits per heavy atom. The van der Waals surface area contributed by atoms with Crippen LogP contribution in [-0.2, 0) is 10.0 Å². The van der Waals surface area contributed by atoms with E-state index >= 15 is 0 Å². The number of rotatable bonds is 6. The molecule has 0 amide bonds. The molecule has 0 saturated carbocycles. The van der Waals surface area contributed by atoms with Crippen LogP contribution in [0.4, 0.5) is 5.69 Å². The van der Waals surface area contributed by atoms with Crippen LogP contribution in [-0.4, -0.2) is 26.4 Å². The zero-order chi connectivity index (χ0) is 12.9. The van der Waals surface area contributed by atoms with Crippen molar-refractivity contribution in [2.45, 2.75) is 11.3 Å². The van der Waals surface area contributed by atoms with E-state index < -0.39 is 20.6 Å². The summed E-state index contributed by atoms with van der Waals surface area (Å²) in [4.78, 5) is 9.64. The fourth-order valence-electron chi connectivity index (χ4n) is 1.22. The number of benzene rings is 1. The fraction of sp³-hybridized carbons (Fsp3) is 0.333. The second-order valence-corrected chi connectivity index (χ2v) is 5.00. The SMILES string of the molecule is NCCCNS(=O)(=O)c1ccccc1[N+](=O)[O-]. The van der Waals surface area contributed by atoms with Crippen LogP contribution in [0.2, 0.25) is 0 Å². The lowest BCUT2D eigenvalue weighted by Gasteiger charge is -2.06. The van der Waals surface area contributed by atoms with Crippen LogP contribution in [0.25, 0.3) is 0 Å². The summed E-state index contributed by atoms with van der Waals surface area (Å²) in [7, 11) is -3.86. The van der Waals surface area contributed by atoms with Gasteiger partial charge in [0.25, 0.3) is 5.69 Å². The van der Waals surface area contributed by atoms with Gasteiger partial charge in [0.05, 0.1) is 4.92 Å². The van der Waals surface area contributed by atoms with Crippen molar-refractivity contribution in [3.63, 3.8) is 0 Å². The van der Waals surface area contributed by atoms with Crippen LogP contribution < -0.4 is 10.5 Å². The molecule has 1 aromatic rings. The highest BCUT2D eigenvalue weighted by atomic mass is 32.2. The first-order valence-corrected chi connectivity index (χ1v) is 6.40. The molecule has 0 saturated heterocycles. The topological polar surface area (TPSA) is 115 Å². The average Bonchev–Trinajstić information content (AvgIpc) is 2.29. The number of nitrogens with zero attached hydrogens (tertiary/aromatic N) is 1. The number of hydrogen-bond acceptors (Lipinski definition) is 5. The minimum Gasteiger partial charge on any atom is -0.330 e. The van der Waals surface area contributed by atoms with E-state index in [1.54, 1.807) is 0 Å². The van der Waals surface area contributed by atoms with Gasteiger partial charge in [0.2, 0.25) is 10.0 Å². The molecule has 0 aliphatic heterocycles. The van der Waals surface area contributed by atoms with E-state index in [0.717, 1.165) is 6.07 Å². The van der Waals surface area contributed by atoms with E-state index in [1.807, 2.05) is 0 Å². The van der Waals surface area contributed by atoms with E-state index in [2.05, 4.69) is 4.72 Å². The number of sulfonamides is 1. The van der Waals surface area contributed by atoms with Gasteiger partial charge in [-0.05, 0) is 19.0 Å². The molecule has 0 atom stereocenters. The zero-order valence-corrected chi connectivity index (χ0v) is 9.81. The van der Waals surface area contributed by atoms with E-state index in [1.165, 1.54) is 18.2 Å². The normalized spacial score (nSPS) is 11.4. The van der Waals surface area contributed by atoms with E-state index in [0.29, 0.717) is 13.0 Å². The molecule has 0 aliphatic carbocycles. The maximum absolute atomic E-state index is 11.8. The molecule has 0 radical (unpaired) electrons. The predicted molar refractivity (Wildman–Crippen MR) is 62.0 cm³/mol. The molecular formula is C9H13N3O4S. The van der Waals surface area contributed by atoms with Gasteiger partial charge in [-0.25, -0.2) is 13.1 Å². The third-order valence-electron chi connectivity index (χ3n) is 2.02. The van der Waals surface area contributed by atoms with Crippen molar-refractivity contribution < 1.29 is 13.3 Å². The van der Waals surface area contributed by atoms with Crippen molar-refractivity contribution in [3.8, 4) is 0 Å². The Morgan fingerprint density at radius 2 is 2.00 bits per heavy atom. The summed E-state index contributed by atoms with van der Waals surface area (Å²) in [6.45, 7) is 0.504. The average molecular weight is 259 g/mol. The Morgan fingerprint density at radius 3 is 2.59 bits per heavy atom. The lowest BCUT2D eigenvalue weighted by molar-refractivity contribution is -0.387. The number of nitro benzene ring substituents is 1. The second kappa shape index (κ2) is 5.71. The molecular weight excluding hydrogens is 246 g/mol. The fourth-order valence-corrected chi connectivity index (χ4v) is 2.47. The standard InChI is InChI=1S/C9H13N3O4S/c10-6-3-7-11-17(15,16)9-5-2-1-4-8(9)12(13)14/h1-2,4-5,11H,3,6-7,10H2. The van der Waals surface area contributed by atoms with Crippen molar-refractivity contribution >= 4 is 15.7 Å². The van der Waals surface area contributed by atoms with Gasteiger partial charge < -0.3 is 5.73 Å². The van der Waals surface area contributed by atoms with E-state index in [9.17, 15) is 18.5 Å². The molecule has 0 aliphatic rings. The van der Waals surface area contributed by atoms with Crippen LogP contribution in [0.1, 0.15) is 6.42 Å². The molecule has 8 heteroatoms. The Balaban J connectivity index is 3.02. The maximum Gasteiger partial charge on any atom is 0.289 e. The summed E-state index contributed by atoms with van der Waals surface area (Å²) >= 11 is 0. The van der Waals surface area contributed by atoms with Gasteiger partial charge in [0, 0.05) is 12.6 Å². The summed E-state index contributed by atoms with van der Waals surface area (Å²) in [5, 5.41) is 10.7. The minimum atomic E-state index is -3.86. The van der Waals surface area contributed by atoms with Crippen molar-refractivity contribution in [2.75, 3.05) is 13.1 Å². The first kappa shape index (κ1) is 13.6. The number of para-hydroxylation sites is 1. The van der Waals surface area contributed by atoms with Crippen molar-refractivity contribution in [1.29, 1.82) is 0 Å². The first-order valence-electron chi connectivity index (χ1n) is 4.92. The maximum atomic E-state index is 11.8. The summed E-state index contributed by atoms with van der Waals surface area (Å²) in [6.07, 6.45) is 0.472. The third-order valence-corrected chi connectivity index (χ3v) is 3.53. The summed E-state index contributed by atoms with van der Waals surface area (Å²) < 4.78 is 25.8. The lowest BCUT2D eigenvalue weighted by Crippen LogP contribution is -2.26. The van der Waals surface area contributed by atoms with Gasteiger partial charge in [0.15, 0.2) is 4.90 Å². The quantitative estimate of drug-likeness (QED) is 0.431. The molecule has 0 spiro atoms. The zero-order valence-electron chi connectivity index (χ0n) is 9.00. The van der Waals surface area contributed by atoms with Gasteiger partial charge in [-0.3, -0.25) is 10.1 Å². The Kier molecular flexibility index (Phi) is 4.55. The van der Waals surface area contributed by atoms with Gasteiger partial charge in [-0.1, -0.05) is 12.1 Å². The minimum absolute atomic E-state index is 0.158. The molecule has 1 aromatic carbocycles. The van der Waals surface area contributed by atoms with Crippen LogP contribution >= 0.6 is 0 Å². The Labute approximate surface area is 98.8 Å².